The number of likely N-dealkylation sites (tertiary alicyclic amines) is 1. The molecule has 12 heteroatoms. The number of pyridine rings is 1. The van der Waals surface area contributed by atoms with E-state index in [0.717, 1.165) is 9.40 Å². The first kappa shape index (κ1) is 25.0. The van der Waals surface area contributed by atoms with Crippen LogP contribution in [0, 0.1) is 0 Å². The van der Waals surface area contributed by atoms with Crippen LogP contribution >= 0.6 is 22.7 Å². The van der Waals surface area contributed by atoms with Gasteiger partial charge in [0.15, 0.2) is 5.78 Å². The van der Waals surface area contributed by atoms with E-state index >= 15 is 0 Å². The zero-order valence-corrected chi connectivity index (χ0v) is 22.1. The molecule has 2 saturated heterocycles. The molecule has 2 fully saturated rings. The molecule has 3 unspecified atom stereocenters. The quantitative estimate of drug-likeness (QED) is 0.464. The van der Waals surface area contributed by atoms with Crippen molar-refractivity contribution in [1.29, 1.82) is 0 Å². The standard InChI is InChI=1S/C24H26N4O5S3/c1-2-5-16(26-23(30)21-12-20-19(35-21)8-11-34-20)24(31)27-10-7-17-22(27)18(29)13-28(17)36(32,33)14-15-6-3-4-9-25-15/h3-4,6,8-9,11-12,16-17,22H,2,5,7,10,13-14H2,1H3,(H,26,30). The second-order valence-electron chi connectivity index (χ2n) is 9.00. The van der Waals surface area contributed by atoms with E-state index < -0.39 is 28.1 Å². The summed E-state index contributed by atoms with van der Waals surface area (Å²) in [6, 6.07) is 6.62. The van der Waals surface area contributed by atoms with E-state index in [1.165, 1.54) is 26.7 Å². The minimum Gasteiger partial charge on any atom is -0.340 e. The number of nitrogens with one attached hydrogen (secondary N) is 1. The minimum atomic E-state index is -3.80. The molecule has 36 heavy (non-hydrogen) atoms. The number of hydrogen-bond acceptors (Lipinski definition) is 8. The summed E-state index contributed by atoms with van der Waals surface area (Å²) in [5.41, 5.74) is 0.401. The van der Waals surface area contributed by atoms with Gasteiger partial charge >= 0.3 is 0 Å². The Balaban J connectivity index is 1.31. The fraction of sp³-hybridized carbons (Fsp3) is 0.417. The topological polar surface area (TPSA) is 117 Å². The third-order valence-electron chi connectivity index (χ3n) is 6.62. The SMILES string of the molecule is CCCC(NC(=O)c1cc2sccc2s1)C(=O)N1CCC2C1C(=O)CN2S(=O)(=O)Cc1ccccn1. The number of carbonyl (C=O) groups is 3. The fourth-order valence-corrected chi connectivity index (χ4v) is 8.67. The summed E-state index contributed by atoms with van der Waals surface area (Å²) in [5, 5.41) is 4.83. The van der Waals surface area contributed by atoms with E-state index in [0.29, 0.717) is 29.8 Å². The molecule has 0 radical (unpaired) electrons. The molecule has 0 aromatic carbocycles. The highest BCUT2D eigenvalue weighted by Crippen LogP contribution is 2.34. The number of sulfonamides is 1. The molecule has 9 nitrogen and oxygen atoms in total. The lowest BCUT2D eigenvalue weighted by atomic mass is 10.1. The Morgan fingerprint density at radius 1 is 1.25 bits per heavy atom. The molecule has 190 valence electrons. The number of carbonyl (C=O) groups excluding carboxylic acids is 3. The van der Waals surface area contributed by atoms with Crippen LogP contribution in [0.3, 0.4) is 0 Å². The first-order chi connectivity index (χ1) is 17.3. The maximum atomic E-state index is 13.5. The van der Waals surface area contributed by atoms with Crippen molar-refractivity contribution in [2.75, 3.05) is 13.1 Å². The van der Waals surface area contributed by atoms with Crippen LogP contribution in [0.4, 0.5) is 0 Å². The van der Waals surface area contributed by atoms with Gasteiger partial charge in [0.1, 0.15) is 17.8 Å². The monoisotopic (exact) mass is 546 g/mol. The summed E-state index contributed by atoms with van der Waals surface area (Å²) in [7, 11) is -3.80. The molecule has 0 saturated carbocycles. The number of nitrogens with zero attached hydrogens (tertiary/aromatic N) is 3. The number of hydrogen-bond donors (Lipinski definition) is 1. The first-order valence-electron chi connectivity index (χ1n) is 11.8. The van der Waals surface area contributed by atoms with Crippen LogP contribution in [-0.4, -0.2) is 71.4 Å². The highest BCUT2D eigenvalue weighted by atomic mass is 32.2. The zero-order chi connectivity index (χ0) is 25.4. The average Bonchev–Trinajstić information content (AvgIpc) is 3.61. The van der Waals surface area contributed by atoms with E-state index in [-0.39, 0.29) is 36.4 Å². The predicted molar refractivity (Wildman–Crippen MR) is 138 cm³/mol. The fourth-order valence-electron chi connectivity index (χ4n) is 4.99. The molecule has 5 rings (SSSR count). The van der Waals surface area contributed by atoms with Crippen molar-refractivity contribution in [2.45, 2.75) is 50.1 Å². The molecule has 1 N–H and O–H groups in total. The van der Waals surface area contributed by atoms with Crippen molar-refractivity contribution in [2.24, 2.45) is 0 Å². The Bertz CT molecular complexity index is 1370. The lowest BCUT2D eigenvalue weighted by Crippen LogP contribution is -2.52. The Labute approximate surface area is 217 Å². The van der Waals surface area contributed by atoms with E-state index in [1.807, 2.05) is 24.4 Å². The molecule has 3 aromatic rings. The number of rotatable bonds is 8. The van der Waals surface area contributed by atoms with Crippen LogP contribution in [-0.2, 0) is 25.4 Å². The van der Waals surface area contributed by atoms with Gasteiger partial charge in [0.2, 0.25) is 15.9 Å². The minimum absolute atomic E-state index is 0.259. The highest BCUT2D eigenvalue weighted by molar-refractivity contribution is 7.88. The Hall–Kier alpha value is -2.67. The molecule has 5 heterocycles. The van der Waals surface area contributed by atoms with Gasteiger partial charge in [-0.3, -0.25) is 19.4 Å². The highest BCUT2D eigenvalue weighted by Gasteiger charge is 2.54. The van der Waals surface area contributed by atoms with Crippen LogP contribution in [0.5, 0.6) is 0 Å². The van der Waals surface area contributed by atoms with Crippen molar-refractivity contribution in [3.63, 3.8) is 0 Å². The van der Waals surface area contributed by atoms with Gasteiger partial charge < -0.3 is 10.2 Å². The Morgan fingerprint density at radius 2 is 2.08 bits per heavy atom. The molecule has 2 aliphatic rings. The third kappa shape index (κ3) is 4.70. The van der Waals surface area contributed by atoms with Crippen molar-refractivity contribution < 1.29 is 22.8 Å². The summed E-state index contributed by atoms with van der Waals surface area (Å²) in [6.07, 6.45) is 2.99. The summed E-state index contributed by atoms with van der Waals surface area (Å²) < 4.78 is 29.5. The smallest absolute Gasteiger partial charge is 0.262 e. The second-order valence-corrected chi connectivity index (χ2v) is 12.9. The summed E-state index contributed by atoms with van der Waals surface area (Å²) >= 11 is 2.93. The van der Waals surface area contributed by atoms with Crippen molar-refractivity contribution in [1.82, 2.24) is 19.5 Å². The lowest BCUT2D eigenvalue weighted by molar-refractivity contribution is -0.138. The van der Waals surface area contributed by atoms with Crippen LogP contribution < -0.4 is 5.32 Å². The van der Waals surface area contributed by atoms with Crippen LogP contribution in [0.15, 0.2) is 41.9 Å². The maximum Gasteiger partial charge on any atom is 0.262 e. The number of thiophene rings is 2. The number of amides is 2. The number of aromatic nitrogens is 1. The van der Waals surface area contributed by atoms with Gasteiger partial charge in [-0.1, -0.05) is 19.4 Å². The molecule has 2 amide bonds. The molecular weight excluding hydrogens is 520 g/mol. The van der Waals surface area contributed by atoms with Crippen molar-refractivity contribution in [3.8, 4) is 0 Å². The van der Waals surface area contributed by atoms with Crippen molar-refractivity contribution >= 4 is 59.7 Å². The normalized spacial score (nSPS) is 21.1. The molecule has 0 bridgehead atoms. The zero-order valence-electron chi connectivity index (χ0n) is 19.6. The van der Waals surface area contributed by atoms with Crippen LogP contribution in [0.1, 0.15) is 41.6 Å². The Morgan fingerprint density at radius 3 is 2.81 bits per heavy atom. The first-order valence-corrected chi connectivity index (χ1v) is 15.1. The van der Waals surface area contributed by atoms with Gasteiger partial charge in [0.25, 0.3) is 5.91 Å². The van der Waals surface area contributed by atoms with Crippen LogP contribution in [0.25, 0.3) is 9.40 Å². The number of ketones is 1. The van der Waals surface area contributed by atoms with E-state index in [9.17, 15) is 22.8 Å². The van der Waals surface area contributed by atoms with Gasteiger partial charge in [-0.15, -0.1) is 22.7 Å². The largest absolute Gasteiger partial charge is 0.340 e. The van der Waals surface area contributed by atoms with E-state index in [1.54, 1.807) is 29.5 Å². The molecule has 3 atom stereocenters. The third-order valence-corrected chi connectivity index (χ3v) is 10.5. The number of Topliss-reactive ketones (excluding diaryl/α,β-unsaturated/α-hetero) is 1. The predicted octanol–water partition coefficient (Wildman–Crippen LogP) is 2.64. The van der Waals surface area contributed by atoms with Gasteiger partial charge in [0, 0.05) is 22.1 Å². The Kier molecular flexibility index (Phi) is 6.95. The van der Waals surface area contributed by atoms with Gasteiger partial charge in [0.05, 0.1) is 23.2 Å². The van der Waals surface area contributed by atoms with Crippen LogP contribution in [0.2, 0.25) is 0 Å². The lowest BCUT2D eigenvalue weighted by Gasteiger charge is -2.28. The number of fused-ring (bicyclic) bond motifs is 2. The summed E-state index contributed by atoms with van der Waals surface area (Å²) in [4.78, 5) is 45.6. The molecule has 0 spiro atoms. The molecule has 2 aliphatic heterocycles. The molecule has 0 aliphatic carbocycles. The molecule has 3 aromatic heterocycles. The van der Waals surface area contributed by atoms with Crippen molar-refractivity contribution in [3.05, 3.63) is 52.5 Å². The maximum absolute atomic E-state index is 13.5. The molecular formula is C24H26N4O5S3. The van der Waals surface area contributed by atoms with Gasteiger partial charge in [-0.2, -0.15) is 4.31 Å². The van der Waals surface area contributed by atoms with E-state index in [4.69, 9.17) is 0 Å². The van der Waals surface area contributed by atoms with Gasteiger partial charge in [-0.25, -0.2) is 8.42 Å². The van der Waals surface area contributed by atoms with E-state index in [2.05, 4.69) is 10.3 Å². The second kappa shape index (κ2) is 10.0. The van der Waals surface area contributed by atoms with Gasteiger partial charge in [-0.05, 0) is 42.5 Å². The summed E-state index contributed by atoms with van der Waals surface area (Å²) in [6.45, 7) is 1.93. The summed E-state index contributed by atoms with van der Waals surface area (Å²) in [5.74, 6) is -1.25. The average molecular weight is 547 g/mol.